The normalized spacial score (nSPS) is 16.0. The molecule has 5 rings (SSSR count). The second-order valence-electron chi connectivity index (χ2n) is 8.50. The van der Waals surface area contributed by atoms with Gasteiger partial charge in [-0.25, -0.2) is 0 Å². The third kappa shape index (κ3) is 4.30. The number of aryl methyl sites for hydroxylation is 1. The molecule has 2 heterocycles. The largest absolute Gasteiger partial charge is 0.341 e. The Labute approximate surface area is 185 Å². The summed E-state index contributed by atoms with van der Waals surface area (Å²) >= 11 is 0. The number of benzene rings is 3. The molecule has 0 saturated carbocycles. The minimum Gasteiger partial charge on any atom is -0.341 e. The molecular formula is C28H31N3. The second-order valence-corrected chi connectivity index (χ2v) is 8.50. The summed E-state index contributed by atoms with van der Waals surface area (Å²) in [6.07, 6.45) is 4.52. The Bertz CT molecular complexity index is 1180. The first-order chi connectivity index (χ1) is 15.3. The average molecular weight is 410 g/mol. The van der Waals surface area contributed by atoms with Crippen LogP contribution in [0, 0.1) is 0 Å². The fourth-order valence-electron chi connectivity index (χ4n) is 4.83. The van der Waals surface area contributed by atoms with Crippen molar-refractivity contribution in [2.75, 3.05) is 32.7 Å². The number of aromatic nitrogens is 1. The highest BCUT2D eigenvalue weighted by atomic mass is 15.3. The Morgan fingerprint density at radius 3 is 2.26 bits per heavy atom. The maximum atomic E-state index is 2.59. The van der Waals surface area contributed by atoms with Crippen LogP contribution in [0.4, 0.5) is 0 Å². The number of hydrogen-bond donors (Lipinski definition) is 0. The van der Waals surface area contributed by atoms with Crippen molar-refractivity contribution in [3.63, 3.8) is 0 Å². The maximum absolute atomic E-state index is 2.59. The van der Waals surface area contributed by atoms with E-state index < -0.39 is 0 Å². The zero-order chi connectivity index (χ0) is 21.0. The lowest BCUT2D eigenvalue weighted by Crippen LogP contribution is -2.45. The van der Waals surface area contributed by atoms with Gasteiger partial charge in [0.2, 0.25) is 0 Å². The fraction of sp³-hybridized carbons (Fsp3) is 0.286. The molecule has 3 nitrogen and oxygen atoms in total. The van der Waals surface area contributed by atoms with E-state index in [1.54, 1.807) is 0 Å². The molecule has 0 N–H and O–H groups in total. The van der Waals surface area contributed by atoms with E-state index >= 15 is 0 Å². The van der Waals surface area contributed by atoms with Gasteiger partial charge in [0, 0.05) is 67.6 Å². The van der Waals surface area contributed by atoms with Gasteiger partial charge >= 0.3 is 0 Å². The highest BCUT2D eigenvalue weighted by Gasteiger charge is 2.17. The monoisotopic (exact) mass is 409 g/mol. The van der Waals surface area contributed by atoms with Crippen LogP contribution in [0.2, 0.25) is 0 Å². The Kier molecular flexibility index (Phi) is 5.88. The molecular weight excluding hydrogens is 378 g/mol. The quantitative estimate of drug-likeness (QED) is 0.408. The summed E-state index contributed by atoms with van der Waals surface area (Å²) in [4.78, 5) is 5.14. The van der Waals surface area contributed by atoms with Gasteiger partial charge in [0.1, 0.15) is 0 Å². The molecule has 31 heavy (non-hydrogen) atoms. The van der Waals surface area contributed by atoms with Crippen molar-refractivity contribution in [1.82, 2.24) is 14.4 Å². The summed E-state index contributed by atoms with van der Waals surface area (Å²) in [5, 5.41) is 2.76. The first-order valence-electron chi connectivity index (χ1n) is 11.5. The van der Waals surface area contributed by atoms with Crippen molar-refractivity contribution in [1.29, 1.82) is 0 Å². The minimum atomic E-state index is 1.00. The molecule has 1 saturated heterocycles. The molecule has 3 aromatic carbocycles. The van der Waals surface area contributed by atoms with E-state index in [1.807, 2.05) is 0 Å². The van der Waals surface area contributed by atoms with E-state index in [0.29, 0.717) is 0 Å². The predicted octanol–water partition coefficient (Wildman–Crippen LogP) is 5.65. The van der Waals surface area contributed by atoms with Crippen LogP contribution in [0.5, 0.6) is 0 Å². The van der Waals surface area contributed by atoms with E-state index in [-0.39, 0.29) is 0 Å². The van der Waals surface area contributed by atoms with Crippen molar-refractivity contribution < 1.29 is 0 Å². The lowest BCUT2D eigenvalue weighted by Gasteiger charge is -2.34. The van der Waals surface area contributed by atoms with Gasteiger partial charge in [-0.15, -0.1) is 0 Å². The molecule has 158 valence electrons. The lowest BCUT2D eigenvalue weighted by atomic mass is 10.1. The van der Waals surface area contributed by atoms with Gasteiger partial charge in [-0.05, 0) is 36.2 Å². The summed E-state index contributed by atoms with van der Waals surface area (Å²) in [6, 6.07) is 26.4. The number of nitrogens with zero attached hydrogens (tertiary/aromatic N) is 3. The Morgan fingerprint density at radius 1 is 0.742 bits per heavy atom. The summed E-state index contributed by atoms with van der Waals surface area (Å²) in [5.74, 6) is 0. The molecule has 1 aliphatic rings. The predicted molar refractivity (Wildman–Crippen MR) is 132 cm³/mol. The Morgan fingerprint density at radius 2 is 1.45 bits per heavy atom. The van der Waals surface area contributed by atoms with Crippen LogP contribution in [-0.4, -0.2) is 47.1 Å². The SMILES string of the molecule is CCn1c2ccccc2c2cc(CN3CCN(C/C=C\c4ccccc4)CC3)ccc21. The van der Waals surface area contributed by atoms with Crippen LogP contribution < -0.4 is 0 Å². The number of para-hydroxylation sites is 1. The highest BCUT2D eigenvalue weighted by Crippen LogP contribution is 2.30. The van der Waals surface area contributed by atoms with Gasteiger partial charge in [-0.3, -0.25) is 9.80 Å². The molecule has 3 heteroatoms. The number of hydrogen-bond acceptors (Lipinski definition) is 2. The van der Waals surface area contributed by atoms with E-state index in [4.69, 9.17) is 0 Å². The minimum absolute atomic E-state index is 1.00. The highest BCUT2D eigenvalue weighted by molar-refractivity contribution is 6.08. The lowest BCUT2D eigenvalue weighted by molar-refractivity contribution is 0.137. The van der Waals surface area contributed by atoms with Crippen molar-refractivity contribution >= 4 is 27.9 Å². The van der Waals surface area contributed by atoms with Gasteiger partial charge in [-0.2, -0.15) is 0 Å². The van der Waals surface area contributed by atoms with Gasteiger partial charge in [-0.1, -0.05) is 66.7 Å². The molecule has 0 unspecified atom stereocenters. The number of rotatable bonds is 6. The first kappa shape index (κ1) is 20.0. The standard InChI is InChI=1S/C28H31N3/c1-2-31-27-13-7-6-12-25(27)26-21-24(14-15-28(26)31)22-30-19-17-29(18-20-30)16-8-11-23-9-4-3-5-10-23/h3-15,21H,2,16-20,22H2,1H3/b11-8-. The van der Waals surface area contributed by atoms with Crippen molar-refractivity contribution in [3.8, 4) is 0 Å². The maximum Gasteiger partial charge on any atom is 0.0491 e. The van der Waals surface area contributed by atoms with Crippen LogP contribution in [-0.2, 0) is 13.1 Å². The molecule has 4 aromatic rings. The number of piperazine rings is 1. The molecule has 0 bridgehead atoms. The van der Waals surface area contributed by atoms with Gasteiger partial charge < -0.3 is 4.57 Å². The molecule has 1 aromatic heterocycles. The molecule has 0 amide bonds. The number of fused-ring (bicyclic) bond motifs is 3. The molecule has 1 fully saturated rings. The molecule has 0 aliphatic carbocycles. The Hall–Kier alpha value is -2.88. The van der Waals surface area contributed by atoms with E-state index in [2.05, 4.69) is 106 Å². The molecule has 0 spiro atoms. The smallest absolute Gasteiger partial charge is 0.0491 e. The van der Waals surface area contributed by atoms with Gasteiger partial charge in [0.15, 0.2) is 0 Å². The van der Waals surface area contributed by atoms with Crippen LogP contribution in [0.25, 0.3) is 27.9 Å². The molecule has 1 aliphatic heterocycles. The van der Waals surface area contributed by atoms with E-state index in [9.17, 15) is 0 Å². The summed E-state index contributed by atoms with van der Waals surface area (Å²) < 4.78 is 2.43. The van der Waals surface area contributed by atoms with Crippen molar-refractivity contribution in [2.45, 2.75) is 20.0 Å². The summed E-state index contributed by atoms with van der Waals surface area (Å²) in [6.45, 7) is 9.84. The van der Waals surface area contributed by atoms with Crippen LogP contribution in [0.3, 0.4) is 0 Å². The van der Waals surface area contributed by atoms with Gasteiger partial charge in [0.25, 0.3) is 0 Å². The Balaban J connectivity index is 1.22. The second kappa shape index (κ2) is 9.09. The zero-order valence-electron chi connectivity index (χ0n) is 18.4. The van der Waals surface area contributed by atoms with Crippen LogP contribution in [0.15, 0.2) is 78.9 Å². The summed E-state index contributed by atoms with van der Waals surface area (Å²) in [7, 11) is 0. The van der Waals surface area contributed by atoms with Crippen LogP contribution >= 0.6 is 0 Å². The average Bonchev–Trinajstić information content (AvgIpc) is 3.14. The molecule has 0 atom stereocenters. The zero-order valence-corrected chi connectivity index (χ0v) is 18.4. The van der Waals surface area contributed by atoms with E-state index in [0.717, 1.165) is 45.8 Å². The fourth-order valence-corrected chi connectivity index (χ4v) is 4.83. The topological polar surface area (TPSA) is 11.4 Å². The van der Waals surface area contributed by atoms with Crippen molar-refractivity contribution in [3.05, 3.63) is 90.0 Å². The third-order valence-electron chi connectivity index (χ3n) is 6.50. The molecule has 0 radical (unpaired) electrons. The summed E-state index contributed by atoms with van der Waals surface area (Å²) in [5.41, 5.74) is 5.39. The van der Waals surface area contributed by atoms with Gasteiger partial charge in [0.05, 0.1) is 0 Å². The van der Waals surface area contributed by atoms with Crippen LogP contribution in [0.1, 0.15) is 18.1 Å². The first-order valence-corrected chi connectivity index (χ1v) is 11.5. The third-order valence-corrected chi connectivity index (χ3v) is 6.50. The van der Waals surface area contributed by atoms with E-state index in [1.165, 1.54) is 32.9 Å². The van der Waals surface area contributed by atoms with Crippen molar-refractivity contribution in [2.24, 2.45) is 0 Å².